The average molecular weight is 249 g/mol. The summed E-state index contributed by atoms with van der Waals surface area (Å²) in [6.07, 6.45) is 2.82. The van der Waals surface area contributed by atoms with Crippen molar-refractivity contribution < 1.29 is 4.74 Å². The van der Waals surface area contributed by atoms with Crippen molar-refractivity contribution in [1.82, 2.24) is 10.2 Å². The van der Waals surface area contributed by atoms with Crippen molar-refractivity contribution >= 4 is 12.4 Å². The highest BCUT2D eigenvalue weighted by Crippen LogP contribution is 2.27. The molecular formula is C12H25ClN2O. The highest BCUT2D eigenvalue weighted by atomic mass is 35.5. The summed E-state index contributed by atoms with van der Waals surface area (Å²) in [5.41, 5.74) is 0.149. The van der Waals surface area contributed by atoms with Crippen LogP contribution in [-0.2, 0) is 4.74 Å². The standard InChI is InChI=1S/C12H24N2O.ClH/c1-9(2)14-7-5-6-10(14)11-13-12(3,4)8-15-11;/h9-11,13H,5-8H2,1-4H3;1H. The Hall–Kier alpha value is 0.170. The van der Waals surface area contributed by atoms with E-state index in [0.717, 1.165) is 6.61 Å². The van der Waals surface area contributed by atoms with Gasteiger partial charge < -0.3 is 4.74 Å². The zero-order valence-corrected chi connectivity index (χ0v) is 11.6. The summed E-state index contributed by atoms with van der Waals surface area (Å²) in [5, 5.41) is 3.59. The Bertz CT molecular complexity index is 233. The monoisotopic (exact) mass is 248 g/mol. The molecule has 1 N–H and O–H groups in total. The van der Waals surface area contributed by atoms with Crippen LogP contribution in [0.3, 0.4) is 0 Å². The summed E-state index contributed by atoms with van der Waals surface area (Å²) in [7, 11) is 0. The molecule has 0 saturated carbocycles. The molecule has 2 atom stereocenters. The smallest absolute Gasteiger partial charge is 0.124 e. The second-order valence-electron chi connectivity index (χ2n) is 5.80. The van der Waals surface area contributed by atoms with Crippen LogP contribution in [0.15, 0.2) is 0 Å². The Labute approximate surface area is 105 Å². The Morgan fingerprint density at radius 2 is 2.06 bits per heavy atom. The maximum absolute atomic E-state index is 5.88. The Kier molecular flexibility index (Phi) is 4.64. The lowest BCUT2D eigenvalue weighted by Crippen LogP contribution is -2.50. The topological polar surface area (TPSA) is 24.5 Å². The van der Waals surface area contributed by atoms with E-state index in [1.807, 2.05) is 0 Å². The molecule has 2 aliphatic heterocycles. The molecule has 0 radical (unpaired) electrons. The molecule has 2 fully saturated rings. The van der Waals surface area contributed by atoms with E-state index < -0.39 is 0 Å². The third-order valence-corrected chi connectivity index (χ3v) is 3.51. The van der Waals surface area contributed by atoms with Crippen molar-refractivity contribution in [2.45, 2.75) is 64.4 Å². The van der Waals surface area contributed by atoms with Gasteiger partial charge in [0.15, 0.2) is 0 Å². The molecule has 2 saturated heterocycles. The van der Waals surface area contributed by atoms with E-state index in [9.17, 15) is 0 Å². The van der Waals surface area contributed by atoms with Gasteiger partial charge in [0.2, 0.25) is 0 Å². The molecule has 0 bridgehead atoms. The number of nitrogens with one attached hydrogen (secondary N) is 1. The van der Waals surface area contributed by atoms with Crippen LogP contribution < -0.4 is 5.32 Å². The molecule has 2 aliphatic rings. The second-order valence-corrected chi connectivity index (χ2v) is 5.80. The zero-order valence-electron chi connectivity index (χ0n) is 10.8. The molecule has 3 nitrogen and oxygen atoms in total. The summed E-state index contributed by atoms with van der Waals surface area (Å²) < 4.78 is 5.88. The number of halogens is 1. The van der Waals surface area contributed by atoms with Gasteiger partial charge in [-0.2, -0.15) is 0 Å². The number of ether oxygens (including phenoxy) is 1. The molecule has 0 aromatic rings. The maximum Gasteiger partial charge on any atom is 0.124 e. The normalized spacial score (nSPS) is 34.3. The van der Waals surface area contributed by atoms with Gasteiger partial charge in [0.1, 0.15) is 6.23 Å². The van der Waals surface area contributed by atoms with E-state index in [1.54, 1.807) is 0 Å². The van der Waals surface area contributed by atoms with Gasteiger partial charge in [-0.1, -0.05) is 0 Å². The molecule has 0 spiro atoms. The van der Waals surface area contributed by atoms with Crippen molar-refractivity contribution in [2.75, 3.05) is 13.2 Å². The van der Waals surface area contributed by atoms with E-state index in [4.69, 9.17) is 4.74 Å². The van der Waals surface area contributed by atoms with Crippen LogP contribution in [0.1, 0.15) is 40.5 Å². The van der Waals surface area contributed by atoms with Crippen LogP contribution in [0.5, 0.6) is 0 Å². The van der Waals surface area contributed by atoms with Crippen molar-refractivity contribution in [3.05, 3.63) is 0 Å². The van der Waals surface area contributed by atoms with Gasteiger partial charge in [0.05, 0.1) is 6.61 Å². The van der Waals surface area contributed by atoms with Crippen molar-refractivity contribution in [3.63, 3.8) is 0 Å². The van der Waals surface area contributed by atoms with Crippen molar-refractivity contribution in [2.24, 2.45) is 0 Å². The molecule has 0 aromatic carbocycles. The average Bonchev–Trinajstić information content (AvgIpc) is 2.69. The largest absolute Gasteiger partial charge is 0.360 e. The molecule has 96 valence electrons. The fourth-order valence-corrected chi connectivity index (χ4v) is 2.75. The maximum atomic E-state index is 5.88. The molecule has 0 aromatic heterocycles. The lowest BCUT2D eigenvalue weighted by atomic mass is 10.1. The van der Waals surface area contributed by atoms with Gasteiger partial charge >= 0.3 is 0 Å². The van der Waals surface area contributed by atoms with Gasteiger partial charge in [-0.15, -0.1) is 12.4 Å². The number of likely N-dealkylation sites (tertiary alicyclic amines) is 1. The Morgan fingerprint density at radius 3 is 2.56 bits per heavy atom. The summed E-state index contributed by atoms with van der Waals surface area (Å²) in [6, 6.07) is 1.21. The van der Waals surface area contributed by atoms with Crippen molar-refractivity contribution in [1.29, 1.82) is 0 Å². The van der Waals surface area contributed by atoms with E-state index in [-0.39, 0.29) is 24.2 Å². The van der Waals surface area contributed by atoms with Crippen LogP contribution in [-0.4, -0.2) is 41.9 Å². The fraction of sp³-hybridized carbons (Fsp3) is 1.00. The molecule has 4 heteroatoms. The minimum Gasteiger partial charge on any atom is -0.360 e. The molecule has 0 amide bonds. The summed E-state index contributed by atoms with van der Waals surface area (Å²) >= 11 is 0. The summed E-state index contributed by atoms with van der Waals surface area (Å²) in [6.45, 7) is 11.0. The molecular weight excluding hydrogens is 224 g/mol. The van der Waals surface area contributed by atoms with E-state index in [1.165, 1.54) is 19.4 Å². The first kappa shape index (κ1) is 14.2. The van der Waals surface area contributed by atoms with E-state index in [0.29, 0.717) is 12.1 Å². The number of nitrogens with zero attached hydrogens (tertiary/aromatic N) is 1. The number of rotatable bonds is 2. The first-order chi connectivity index (χ1) is 6.99. The SMILES string of the molecule is CC(C)N1CCCC1C1NC(C)(C)CO1.Cl. The minimum absolute atomic E-state index is 0. The van der Waals surface area contributed by atoms with Gasteiger partial charge in [-0.3, -0.25) is 10.2 Å². The highest BCUT2D eigenvalue weighted by molar-refractivity contribution is 5.85. The Morgan fingerprint density at radius 1 is 1.38 bits per heavy atom. The first-order valence-electron chi connectivity index (χ1n) is 6.15. The lowest BCUT2D eigenvalue weighted by Gasteiger charge is -2.32. The van der Waals surface area contributed by atoms with Crippen LogP contribution in [0, 0.1) is 0 Å². The summed E-state index contributed by atoms with van der Waals surface area (Å²) in [5.74, 6) is 0. The third-order valence-electron chi connectivity index (χ3n) is 3.51. The third kappa shape index (κ3) is 2.89. The number of hydrogen-bond acceptors (Lipinski definition) is 3. The van der Waals surface area contributed by atoms with Crippen LogP contribution in [0.25, 0.3) is 0 Å². The highest BCUT2D eigenvalue weighted by Gasteiger charge is 2.40. The second kappa shape index (κ2) is 5.21. The lowest BCUT2D eigenvalue weighted by molar-refractivity contribution is 0.0209. The van der Waals surface area contributed by atoms with Gasteiger partial charge in [0, 0.05) is 17.6 Å². The predicted octanol–water partition coefficient (Wildman–Crippen LogP) is 2.01. The van der Waals surface area contributed by atoms with Gasteiger partial charge in [0.25, 0.3) is 0 Å². The number of hydrogen-bond donors (Lipinski definition) is 1. The Balaban J connectivity index is 0.00000128. The zero-order chi connectivity index (χ0) is 11.1. The molecule has 2 rings (SSSR count). The predicted molar refractivity (Wildman–Crippen MR) is 69.1 cm³/mol. The van der Waals surface area contributed by atoms with Crippen LogP contribution >= 0.6 is 12.4 Å². The minimum atomic E-state index is 0. The molecule has 2 heterocycles. The van der Waals surface area contributed by atoms with Gasteiger partial charge in [-0.05, 0) is 47.1 Å². The fourth-order valence-electron chi connectivity index (χ4n) is 2.75. The van der Waals surface area contributed by atoms with E-state index in [2.05, 4.69) is 37.9 Å². The molecule has 16 heavy (non-hydrogen) atoms. The quantitative estimate of drug-likeness (QED) is 0.809. The van der Waals surface area contributed by atoms with E-state index >= 15 is 0 Å². The first-order valence-corrected chi connectivity index (χ1v) is 6.15. The molecule has 2 unspecified atom stereocenters. The van der Waals surface area contributed by atoms with Crippen LogP contribution in [0.4, 0.5) is 0 Å². The van der Waals surface area contributed by atoms with Crippen LogP contribution in [0.2, 0.25) is 0 Å². The molecule has 0 aliphatic carbocycles. The summed E-state index contributed by atoms with van der Waals surface area (Å²) in [4.78, 5) is 2.57. The van der Waals surface area contributed by atoms with Gasteiger partial charge in [-0.25, -0.2) is 0 Å². The van der Waals surface area contributed by atoms with Crippen molar-refractivity contribution in [3.8, 4) is 0 Å².